The largest absolute Gasteiger partial charge is 0.361 e. The zero-order chi connectivity index (χ0) is 16.8. The van der Waals surface area contributed by atoms with Crippen LogP contribution in [-0.2, 0) is 16.3 Å². The minimum absolute atomic E-state index is 0. The first-order valence-corrected chi connectivity index (χ1v) is 9.35. The Morgan fingerprint density at radius 3 is 2.52 bits per heavy atom. The fourth-order valence-corrected chi connectivity index (χ4v) is 2.84. The highest BCUT2D eigenvalue weighted by molar-refractivity contribution is 14.0. The lowest BCUT2D eigenvalue weighted by molar-refractivity contribution is 0.392. The van der Waals surface area contributed by atoms with Crippen molar-refractivity contribution >= 4 is 39.8 Å². The molecule has 0 aliphatic rings. The van der Waals surface area contributed by atoms with Gasteiger partial charge in [0, 0.05) is 31.5 Å². The number of nitrogens with one attached hydrogen (secondary N) is 2. The van der Waals surface area contributed by atoms with Gasteiger partial charge in [0.2, 0.25) is 0 Å². The lowest BCUT2D eigenvalue weighted by Gasteiger charge is -2.17. The highest BCUT2D eigenvalue weighted by atomic mass is 127. The predicted octanol–water partition coefficient (Wildman–Crippen LogP) is 1.44. The molecule has 1 unspecified atom stereocenters. The second-order valence-electron chi connectivity index (χ2n) is 5.52. The molecule has 0 bridgehead atoms. The molecule has 1 aromatic heterocycles. The van der Waals surface area contributed by atoms with Crippen LogP contribution < -0.4 is 10.6 Å². The smallest absolute Gasteiger partial charge is 0.191 e. The normalized spacial score (nSPS) is 13.3. The van der Waals surface area contributed by atoms with Crippen LogP contribution >= 0.6 is 24.0 Å². The summed E-state index contributed by atoms with van der Waals surface area (Å²) >= 11 is 0. The highest BCUT2D eigenvalue weighted by Crippen LogP contribution is 2.11. The summed E-state index contributed by atoms with van der Waals surface area (Å²) in [6.45, 7) is 6.45. The number of nitrogens with zero attached hydrogens (tertiary/aromatic N) is 2. The summed E-state index contributed by atoms with van der Waals surface area (Å²) in [5, 5.41) is 10.3. The van der Waals surface area contributed by atoms with Gasteiger partial charge in [-0.2, -0.15) is 0 Å². The Hall–Kier alpha value is -0.840. The second kappa shape index (κ2) is 10.1. The summed E-state index contributed by atoms with van der Waals surface area (Å²) in [5.41, 5.74) is 2.01. The van der Waals surface area contributed by atoms with Gasteiger partial charge in [0.05, 0.1) is 11.4 Å². The minimum atomic E-state index is -2.94. The molecule has 0 aliphatic carbocycles. The summed E-state index contributed by atoms with van der Waals surface area (Å²) in [6.07, 6.45) is 2.58. The van der Waals surface area contributed by atoms with Gasteiger partial charge in [-0.15, -0.1) is 24.0 Å². The van der Waals surface area contributed by atoms with Gasteiger partial charge in [-0.05, 0) is 33.6 Å². The Bertz CT molecular complexity index is 594. The van der Waals surface area contributed by atoms with E-state index in [2.05, 4.69) is 20.8 Å². The standard InChI is InChI=1S/C14H26N4O3S.HI/c1-10(7-9-22(5,19)20)17-14(15-4)16-8-6-13-11(2)18-21-12(13)3;/h10H,6-9H2,1-5H3,(H2,15,16,17);1H. The predicted molar refractivity (Wildman–Crippen MR) is 103 cm³/mol. The van der Waals surface area contributed by atoms with E-state index in [0.29, 0.717) is 18.9 Å². The average Bonchev–Trinajstić information content (AvgIpc) is 2.74. The van der Waals surface area contributed by atoms with Crippen LogP contribution in [0.15, 0.2) is 9.52 Å². The summed E-state index contributed by atoms with van der Waals surface area (Å²) in [5.74, 6) is 1.66. The van der Waals surface area contributed by atoms with E-state index in [1.165, 1.54) is 6.26 Å². The van der Waals surface area contributed by atoms with Crippen molar-refractivity contribution in [1.82, 2.24) is 15.8 Å². The number of hydrogen-bond acceptors (Lipinski definition) is 5. The van der Waals surface area contributed by atoms with E-state index < -0.39 is 9.84 Å². The molecule has 23 heavy (non-hydrogen) atoms. The maximum atomic E-state index is 11.2. The van der Waals surface area contributed by atoms with Crippen molar-refractivity contribution in [3.05, 3.63) is 17.0 Å². The number of aryl methyl sites for hydroxylation is 2. The molecule has 1 aromatic rings. The fourth-order valence-electron chi connectivity index (χ4n) is 2.06. The van der Waals surface area contributed by atoms with Crippen LogP contribution in [0.2, 0.25) is 0 Å². The first-order chi connectivity index (χ1) is 10.2. The number of guanidine groups is 1. The van der Waals surface area contributed by atoms with E-state index in [0.717, 1.165) is 23.4 Å². The maximum Gasteiger partial charge on any atom is 0.191 e. The summed E-state index contributed by atoms with van der Waals surface area (Å²) < 4.78 is 27.5. The van der Waals surface area contributed by atoms with E-state index in [-0.39, 0.29) is 35.8 Å². The van der Waals surface area contributed by atoms with Gasteiger partial charge in [-0.1, -0.05) is 5.16 Å². The Morgan fingerprint density at radius 2 is 2.04 bits per heavy atom. The topological polar surface area (TPSA) is 96.6 Å². The Labute approximate surface area is 155 Å². The quantitative estimate of drug-likeness (QED) is 0.365. The first kappa shape index (κ1) is 22.2. The third-order valence-electron chi connectivity index (χ3n) is 3.38. The molecule has 134 valence electrons. The van der Waals surface area contributed by atoms with Crippen molar-refractivity contribution in [3.63, 3.8) is 0 Å². The van der Waals surface area contributed by atoms with Crippen LogP contribution in [-0.4, -0.2) is 51.2 Å². The number of aromatic nitrogens is 1. The van der Waals surface area contributed by atoms with Crippen LogP contribution in [0, 0.1) is 13.8 Å². The van der Waals surface area contributed by atoms with Gasteiger partial charge in [0.25, 0.3) is 0 Å². The summed E-state index contributed by atoms with van der Waals surface area (Å²) in [4.78, 5) is 4.14. The monoisotopic (exact) mass is 458 g/mol. The molecule has 0 amide bonds. The maximum absolute atomic E-state index is 11.2. The fraction of sp³-hybridized carbons (Fsp3) is 0.714. The van der Waals surface area contributed by atoms with Crippen LogP contribution in [0.1, 0.15) is 30.4 Å². The SMILES string of the molecule is CN=C(NCCc1c(C)noc1C)NC(C)CCS(C)(=O)=O.I. The molecule has 0 aliphatic heterocycles. The van der Waals surface area contributed by atoms with Gasteiger partial charge in [0.15, 0.2) is 5.96 Å². The molecule has 7 nitrogen and oxygen atoms in total. The lowest BCUT2D eigenvalue weighted by Crippen LogP contribution is -2.43. The average molecular weight is 458 g/mol. The van der Waals surface area contributed by atoms with Gasteiger partial charge in [-0.25, -0.2) is 8.42 Å². The van der Waals surface area contributed by atoms with E-state index in [1.54, 1.807) is 7.05 Å². The van der Waals surface area contributed by atoms with Crippen molar-refractivity contribution in [3.8, 4) is 0 Å². The van der Waals surface area contributed by atoms with Crippen molar-refractivity contribution in [1.29, 1.82) is 0 Å². The molecule has 0 fully saturated rings. The molecule has 1 atom stereocenters. The van der Waals surface area contributed by atoms with E-state index in [4.69, 9.17) is 4.52 Å². The van der Waals surface area contributed by atoms with Crippen LogP contribution in [0.3, 0.4) is 0 Å². The molecular weight excluding hydrogens is 431 g/mol. The zero-order valence-electron chi connectivity index (χ0n) is 14.3. The van der Waals surface area contributed by atoms with Crippen LogP contribution in [0.4, 0.5) is 0 Å². The summed E-state index contributed by atoms with van der Waals surface area (Å²) in [6, 6.07) is 0.0278. The van der Waals surface area contributed by atoms with Gasteiger partial charge >= 0.3 is 0 Å². The van der Waals surface area contributed by atoms with E-state index in [1.807, 2.05) is 20.8 Å². The molecule has 2 N–H and O–H groups in total. The molecular formula is C14H27IN4O3S. The lowest BCUT2D eigenvalue weighted by atomic mass is 10.1. The van der Waals surface area contributed by atoms with Crippen molar-refractivity contribution in [2.24, 2.45) is 4.99 Å². The molecule has 1 rings (SSSR count). The molecule has 0 saturated carbocycles. The molecule has 0 radical (unpaired) electrons. The second-order valence-corrected chi connectivity index (χ2v) is 7.78. The van der Waals surface area contributed by atoms with E-state index >= 15 is 0 Å². The van der Waals surface area contributed by atoms with E-state index in [9.17, 15) is 8.42 Å². The number of halogens is 1. The first-order valence-electron chi connectivity index (χ1n) is 7.29. The highest BCUT2D eigenvalue weighted by Gasteiger charge is 2.11. The molecule has 9 heteroatoms. The van der Waals surface area contributed by atoms with Crippen molar-refractivity contribution < 1.29 is 12.9 Å². The van der Waals surface area contributed by atoms with Gasteiger partial charge in [0.1, 0.15) is 15.6 Å². The molecule has 0 aromatic carbocycles. The molecule has 0 spiro atoms. The van der Waals surface area contributed by atoms with Crippen molar-refractivity contribution in [2.75, 3.05) is 25.6 Å². The third-order valence-corrected chi connectivity index (χ3v) is 4.35. The number of sulfone groups is 1. The minimum Gasteiger partial charge on any atom is -0.361 e. The zero-order valence-corrected chi connectivity index (χ0v) is 17.5. The Morgan fingerprint density at radius 1 is 1.39 bits per heavy atom. The Balaban J connectivity index is 0.00000484. The number of rotatable bonds is 7. The third kappa shape index (κ3) is 8.54. The van der Waals surface area contributed by atoms with Gasteiger partial charge < -0.3 is 15.2 Å². The summed E-state index contributed by atoms with van der Waals surface area (Å²) in [7, 11) is -1.25. The van der Waals surface area contributed by atoms with Gasteiger partial charge in [-0.3, -0.25) is 4.99 Å². The number of aliphatic imine (C=N–C) groups is 1. The van der Waals surface area contributed by atoms with Crippen LogP contribution in [0.5, 0.6) is 0 Å². The Kier molecular flexibility index (Phi) is 9.74. The van der Waals surface area contributed by atoms with Crippen LogP contribution in [0.25, 0.3) is 0 Å². The van der Waals surface area contributed by atoms with Crippen molar-refractivity contribution in [2.45, 2.75) is 39.7 Å². The molecule has 0 saturated heterocycles. The molecule has 1 heterocycles. The number of hydrogen-bond donors (Lipinski definition) is 2.